The van der Waals surface area contributed by atoms with Crippen LogP contribution in [0.3, 0.4) is 0 Å². The van der Waals surface area contributed by atoms with E-state index in [1.165, 1.54) is 12.1 Å². The average Bonchev–Trinajstić information content (AvgIpc) is 3.12. The Bertz CT molecular complexity index is 640. The molecule has 0 unspecified atom stereocenters. The van der Waals surface area contributed by atoms with Gasteiger partial charge in [-0.2, -0.15) is 9.36 Å². The van der Waals surface area contributed by atoms with Gasteiger partial charge in [0, 0.05) is 22.5 Å². The summed E-state index contributed by atoms with van der Waals surface area (Å²) in [6.07, 6.45) is 2.22. The highest BCUT2D eigenvalue weighted by molar-refractivity contribution is 7.07. The van der Waals surface area contributed by atoms with Crippen molar-refractivity contribution < 1.29 is 14.6 Å². The van der Waals surface area contributed by atoms with Crippen LogP contribution in [0.4, 0.5) is 0 Å². The highest BCUT2D eigenvalue weighted by Gasteiger charge is 2.28. The normalized spacial score (nSPS) is 14.4. The van der Waals surface area contributed by atoms with E-state index in [0.29, 0.717) is 16.1 Å². The molecule has 0 atom stereocenters. The predicted octanol–water partition coefficient (Wildman–Crippen LogP) is 3.56. The van der Waals surface area contributed by atoms with Crippen LogP contribution in [0.1, 0.15) is 34.9 Å². The van der Waals surface area contributed by atoms with E-state index >= 15 is 0 Å². The molecule has 1 aromatic carbocycles. The maximum absolute atomic E-state index is 11.1. The molecule has 5 nitrogen and oxygen atoms in total. The van der Waals surface area contributed by atoms with Gasteiger partial charge in [-0.05, 0) is 31.0 Å². The molecule has 7 heteroatoms. The minimum atomic E-state index is -1.09. The van der Waals surface area contributed by atoms with E-state index in [4.69, 9.17) is 21.4 Å². The van der Waals surface area contributed by atoms with Gasteiger partial charge < -0.3 is 9.84 Å². The van der Waals surface area contributed by atoms with E-state index < -0.39 is 5.97 Å². The highest BCUT2D eigenvalue weighted by Crippen LogP contribution is 2.40. The van der Waals surface area contributed by atoms with Crippen LogP contribution >= 0.6 is 23.1 Å². The topological polar surface area (TPSA) is 72.3 Å². The SMILES string of the molecule is O=C(O)c1cc(Cl)ccc1Oc1nc(C2CC2)ns1. The molecule has 2 aromatic rings. The smallest absolute Gasteiger partial charge is 0.339 e. The van der Waals surface area contributed by atoms with E-state index in [-0.39, 0.29) is 11.3 Å². The van der Waals surface area contributed by atoms with Crippen molar-refractivity contribution in [1.82, 2.24) is 9.36 Å². The first-order chi connectivity index (χ1) is 9.13. The summed E-state index contributed by atoms with van der Waals surface area (Å²) < 4.78 is 9.69. The standard InChI is InChI=1S/C12H9ClN2O3S/c13-7-3-4-9(8(5-7)11(16)17)18-12-14-10(15-19-12)6-1-2-6/h3-6H,1-2H2,(H,16,17). The molecule has 0 saturated heterocycles. The molecule has 3 rings (SSSR count). The largest absolute Gasteiger partial charge is 0.478 e. The van der Waals surface area contributed by atoms with Crippen molar-refractivity contribution in [3.8, 4) is 10.9 Å². The number of nitrogens with zero attached hydrogens (tertiary/aromatic N) is 2. The maximum Gasteiger partial charge on any atom is 0.339 e. The van der Waals surface area contributed by atoms with Crippen LogP contribution in [0.15, 0.2) is 18.2 Å². The third-order valence-electron chi connectivity index (χ3n) is 2.73. The van der Waals surface area contributed by atoms with Crippen molar-refractivity contribution in [2.75, 3.05) is 0 Å². The zero-order valence-electron chi connectivity index (χ0n) is 9.67. The average molecular weight is 297 g/mol. The lowest BCUT2D eigenvalue weighted by atomic mass is 10.2. The Labute approximate surface area is 118 Å². The number of halogens is 1. The molecule has 19 heavy (non-hydrogen) atoms. The van der Waals surface area contributed by atoms with Crippen molar-refractivity contribution in [3.05, 3.63) is 34.6 Å². The maximum atomic E-state index is 11.1. The highest BCUT2D eigenvalue weighted by atomic mass is 35.5. The summed E-state index contributed by atoms with van der Waals surface area (Å²) in [5.41, 5.74) is 0.00988. The first kappa shape index (κ1) is 12.4. The van der Waals surface area contributed by atoms with E-state index in [2.05, 4.69) is 9.36 Å². The molecule has 0 amide bonds. The minimum Gasteiger partial charge on any atom is -0.478 e. The molecule has 1 N–H and O–H groups in total. The molecular formula is C12H9ClN2O3S. The van der Waals surface area contributed by atoms with Gasteiger partial charge in [0.2, 0.25) is 0 Å². The summed E-state index contributed by atoms with van der Waals surface area (Å²) in [5.74, 6) is 0.350. The van der Waals surface area contributed by atoms with Gasteiger partial charge >= 0.3 is 5.97 Å². The summed E-state index contributed by atoms with van der Waals surface area (Å²) in [4.78, 5) is 15.4. The molecule has 1 aliphatic rings. The van der Waals surface area contributed by atoms with Crippen LogP contribution in [0.25, 0.3) is 0 Å². The second kappa shape index (κ2) is 4.79. The molecule has 0 radical (unpaired) electrons. The summed E-state index contributed by atoms with van der Waals surface area (Å²) in [6.45, 7) is 0. The monoisotopic (exact) mass is 296 g/mol. The number of hydrogen-bond donors (Lipinski definition) is 1. The molecule has 1 aromatic heterocycles. The van der Waals surface area contributed by atoms with Gasteiger partial charge in [0.25, 0.3) is 5.19 Å². The molecule has 1 aliphatic carbocycles. The van der Waals surface area contributed by atoms with E-state index in [1.807, 2.05) is 0 Å². The number of hydrogen-bond acceptors (Lipinski definition) is 5. The van der Waals surface area contributed by atoms with Crippen molar-refractivity contribution in [1.29, 1.82) is 0 Å². The molecule has 1 fully saturated rings. The third-order valence-corrected chi connectivity index (χ3v) is 3.58. The van der Waals surface area contributed by atoms with Crippen LogP contribution in [-0.2, 0) is 0 Å². The molecule has 1 saturated carbocycles. The summed E-state index contributed by atoms with van der Waals surface area (Å²) >= 11 is 6.90. The Balaban J connectivity index is 1.87. The lowest BCUT2D eigenvalue weighted by Gasteiger charge is -2.05. The number of ether oxygens (including phenoxy) is 1. The van der Waals surface area contributed by atoms with Crippen LogP contribution < -0.4 is 4.74 Å². The van der Waals surface area contributed by atoms with Crippen molar-refractivity contribution >= 4 is 29.1 Å². The Kier molecular flexibility index (Phi) is 3.12. The Morgan fingerprint density at radius 1 is 1.47 bits per heavy atom. The van der Waals surface area contributed by atoms with Gasteiger partial charge in [-0.1, -0.05) is 11.6 Å². The second-order valence-electron chi connectivity index (χ2n) is 4.24. The summed E-state index contributed by atoms with van der Waals surface area (Å²) in [7, 11) is 0. The fourth-order valence-corrected chi connectivity index (χ4v) is 2.42. The molecular weight excluding hydrogens is 288 g/mol. The number of carboxylic acids is 1. The lowest BCUT2D eigenvalue weighted by molar-refractivity contribution is 0.0694. The van der Waals surface area contributed by atoms with E-state index in [9.17, 15) is 4.79 Å². The molecule has 1 heterocycles. The number of benzene rings is 1. The van der Waals surface area contributed by atoms with Gasteiger partial charge in [0.15, 0.2) is 0 Å². The van der Waals surface area contributed by atoms with E-state index in [1.54, 1.807) is 6.07 Å². The van der Waals surface area contributed by atoms with Crippen LogP contribution in [0.2, 0.25) is 5.02 Å². The Hall–Kier alpha value is -1.66. The van der Waals surface area contributed by atoms with Crippen molar-refractivity contribution in [2.45, 2.75) is 18.8 Å². The third kappa shape index (κ3) is 2.69. The number of aromatic nitrogens is 2. The molecule has 0 bridgehead atoms. The van der Waals surface area contributed by atoms with Crippen LogP contribution in [-0.4, -0.2) is 20.4 Å². The first-order valence-corrected chi connectivity index (χ1v) is 6.83. The van der Waals surface area contributed by atoms with Crippen molar-refractivity contribution in [2.24, 2.45) is 0 Å². The van der Waals surface area contributed by atoms with Crippen LogP contribution in [0.5, 0.6) is 10.9 Å². The van der Waals surface area contributed by atoms with Crippen LogP contribution in [0, 0.1) is 0 Å². The van der Waals surface area contributed by atoms with Crippen molar-refractivity contribution in [3.63, 3.8) is 0 Å². The number of aromatic carboxylic acids is 1. The lowest BCUT2D eigenvalue weighted by Crippen LogP contribution is -1.99. The Morgan fingerprint density at radius 3 is 2.95 bits per heavy atom. The molecule has 0 spiro atoms. The van der Waals surface area contributed by atoms with Gasteiger partial charge in [0.1, 0.15) is 17.1 Å². The fraction of sp³-hybridized carbons (Fsp3) is 0.250. The van der Waals surface area contributed by atoms with Gasteiger partial charge in [0.05, 0.1) is 0 Å². The zero-order chi connectivity index (χ0) is 13.4. The predicted molar refractivity (Wildman–Crippen MR) is 70.4 cm³/mol. The second-order valence-corrected chi connectivity index (χ2v) is 5.39. The fourth-order valence-electron chi connectivity index (χ4n) is 1.62. The summed E-state index contributed by atoms with van der Waals surface area (Å²) in [6, 6.07) is 4.44. The minimum absolute atomic E-state index is 0.00988. The number of carboxylic acid groups (broad SMARTS) is 1. The summed E-state index contributed by atoms with van der Waals surface area (Å²) in [5, 5.41) is 9.80. The quantitative estimate of drug-likeness (QED) is 0.934. The van der Waals surface area contributed by atoms with Gasteiger partial charge in [-0.25, -0.2) is 4.79 Å². The van der Waals surface area contributed by atoms with E-state index in [0.717, 1.165) is 30.2 Å². The van der Waals surface area contributed by atoms with Gasteiger partial charge in [-0.15, -0.1) is 0 Å². The number of carbonyl (C=O) groups is 1. The Morgan fingerprint density at radius 2 is 2.26 bits per heavy atom. The van der Waals surface area contributed by atoms with Gasteiger partial charge in [-0.3, -0.25) is 0 Å². The number of rotatable bonds is 4. The molecule has 98 valence electrons. The molecule has 0 aliphatic heterocycles. The first-order valence-electron chi connectivity index (χ1n) is 5.68. The zero-order valence-corrected chi connectivity index (χ0v) is 11.2.